The summed E-state index contributed by atoms with van der Waals surface area (Å²) in [5.74, 6) is 0.160. The molecular weight excluding hydrogens is 274 g/mol. The van der Waals surface area contributed by atoms with Crippen molar-refractivity contribution in [2.24, 2.45) is 0 Å². The van der Waals surface area contributed by atoms with Gasteiger partial charge in [-0.15, -0.1) is 0 Å². The molecule has 0 aliphatic carbocycles. The van der Waals surface area contributed by atoms with E-state index in [1.807, 2.05) is 25.9 Å². The van der Waals surface area contributed by atoms with Crippen molar-refractivity contribution in [1.82, 2.24) is 4.90 Å². The highest BCUT2D eigenvalue weighted by Crippen LogP contribution is 2.14. The number of benzene rings is 1. The lowest BCUT2D eigenvalue weighted by atomic mass is 10.1. The smallest absolute Gasteiger partial charge is 0.179 e. The Hall–Kier alpha value is -1.20. The Balaban J connectivity index is 2.77. The van der Waals surface area contributed by atoms with E-state index in [-0.39, 0.29) is 16.4 Å². The molecule has 1 aromatic rings. The standard InChI is InChI=1S/C15H23NO3S/c1-4-5-6-15(17)13-7-9-14(10-8-13)20(18,19)12-11-16(2)3/h7-10H,4-6,11-12H2,1-3H3. The van der Waals surface area contributed by atoms with E-state index < -0.39 is 9.84 Å². The summed E-state index contributed by atoms with van der Waals surface area (Å²) in [6.45, 7) is 2.52. The molecule has 0 aliphatic heterocycles. The molecule has 4 nitrogen and oxygen atoms in total. The molecule has 0 amide bonds. The van der Waals surface area contributed by atoms with Crippen LogP contribution in [-0.2, 0) is 9.84 Å². The van der Waals surface area contributed by atoms with Crippen LogP contribution in [0.1, 0.15) is 36.5 Å². The number of hydrogen-bond donors (Lipinski definition) is 0. The van der Waals surface area contributed by atoms with Crippen LogP contribution in [0.3, 0.4) is 0 Å². The van der Waals surface area contributed by atoms with E-state index in [1.54, 1.807) is 12.1 Å². The van der Waals surface area contributed by atoms with Gasteiger partial charge in [-0.2, -0.15) is 0 Å². The first-order valence-electron chi connectivity index (χ1n) is 6.87. The van der Waals surface area contributed by atoms with Gasteiger partial charge in [-0.25, -0.2) is 8.42 Å². The van der Waals surface area contributed by atoms with Gasteiger partial charge in [-0.1, -0.05) is 25.5 Å². The molecule has 0 unspecified atom stereocenters. The molecule has 0 heterocycles. The largest absolute Gasteiger partial charge is 0.308 e. The first-order valence-corrected chi connectivity index (χ1v) is 8.53. The van der Waals surface area contributed by atoms with Crippen LogP contribution in [0.15, 0.2) is 29.2 Å². The van der Waals surface area contributed by atoms with Crippen LogP contribution in [0.4, 0.5) is 0 Å². The number of carbonyl (C=O) groups is 1. The van der Waals surface area contributed by atoms with Gasteiger partial charge in [0.25, 0.3) is 0 Å². The Bertz CT molecular complexity index is 533. The maximum atomic E-state index is 12.1. The Morgan fingerprint density at radius 3 is 2.25 bits per heavy atom. The molecular formula is C15H23NO3S. The number of ketones is 1. The number of unbranched alkanes of at least 4 members (excludes halogenated alkanes) is 1. The van der Waals surface area contributed by atoms with Gasteiger partial charge in [-0.05, 0) is 32.6 Å². The van der Waals surface area contributed by atoms with Crippen LogP contribution >= 0.6 is 0 Å². The third-order valence-electron chi connectivity index (χ3n) is 3.10. The molecule has 5 heteroatoms. The van der Waals surface area contributed by atoms with Gasteiger partial charge in [0.05, 0.1) is 10.6 Å². The molecule has 1 rings (SSSR count). The summed E-state index contributed by atoms with van der Waals surface area (Å²) in [5, 5.41) is 0. The Kier molecular flexibility index (Phi) is 6.36. The van der Waals surface area contributed by atoms with Crippen LogP contribution in [0.5, 0.6) is 0 Å². The summed E-state index contributed by atoms with van der Waals surface area (Å²) in [5.41, 5.74) is 0.588. The fraction of sp³-hybridized carbons (Fsp3) is 0.533. The van der Waals surface area contributed by atoms with Crippen molar-refractivity contribution in [2.75, 3.05) is 26.4 Å². The van der Waals surface area contributed by atoms with E-state index >= 15 is 0 Å². The Labute approximate surface area is 121 Å². The number of sulfone groups is 1. The molecule has 0 fully saturated rings. The van der Waals surface area contributed by atoms with E-state index in [0.29, 0.717) is 18.5 Å². The van der Waals surface area contributed by atoms with Crippen molar-refractivity contribution in [3.8, 4) is 0 Å². The van der Waals surface area contributed by atoms with Crippen molar-refractivity contribution >= 4 is 15.6 Å². The topological polar surface area (TPSA) is 54.5 Å². The van der Waals surface area contributed by atoms with Gasteiger partial charge in [0, 0.05) is 18.5 Å². The van der Waals surface area contributed by atoms with E-state index in [4.69, 9.17) is 0 Å². The van der Waals surface area contributed by atoms with E-state index in [9.17, 15) is 13.2 Å². The minimum absolute atomic E-state index is 0.0732. The molecule has 0 saturated heterocycles. The number of Topliss-reactive ketones (excluding diaryl/α,β-unsaturated/α-hetero) is 1. The lowest BCUT2D eigenvalue weighted by Gasteiger charge is -2.10. The summed E-state index contributed by atoms with van der Waals surface area (Å²) < 4.78 is 24.2. The van der Waals surface area contributed by atoms with Crippen LogP contribution in [0.2, 0.25) is 0 Å². The molecule has 0 aliphatic rings. The minimum Gasteiger partial charge on any atom is -0.308 e. The predicted molar refractivity (Wildman–Crippen MR) is 80.9 cm³/mol. The summed E-state index contributed by atoms with van der Waals surface area (Å²) in [6, 6.07) is 6.29. The third kappa shape index (κ3) is 5.06. The highest BCUT2D eigenvalue weighted by molar-refractivity contribution is 7.91. The molecule has 0 saturated carbocycles. The van der Waals surface area contributed by atoms with Crippen LogP contribution in [0, 0.1) is 0 Å². The summed E-state index contributed by atoms with van der Waals surface area (Å²) in [6.07, 6.45) is 2.35. The molecule has 1 aromatic carbocycles. The molecule has 0 N–H and O–H groups in total. The summed E-state index contributed by atoms with van der Waals surface area (Å²) in [7, 11) is 0.409. The second kappa shape index (κ2) is 7.55. The maximum Gasteiger partial charge on any atom is 0.179 e. The summed E-state index contributed by atoms with van der Waals surface area (Å²) in [4.78, 5) is 13.9. The average molecular weight is 297 g/mol. The lowest BCUT2D eigenvalue weighted by Crippen LogP contribution is -2.22. The first kappa shape index (κ1) is 16.9. The normalized spacial score (nSPS) is 11.8. The quantitative estimate of drug-likeness (QED) is 0.691. The molecule has 0 bridgehead atoms. The van der Waals surface area contributed by atoms with Crippen LogP contribution in [0.25, 0.3) is 0 Å². The van der Waals surface area contributed by atoms with Crippen molar-refractivity contribution in [3.05, 3.63) is 29.8 Å². The van der Waals surface area contributed by atoms with Crippen molar-refractivity contribution in [3.63, 3.8) is 0 Å². The van der Waals surface area contributed by atoms with Crippen molar-refractivity contribution in [2.45, 2.75) is 31.1 Å². The van der Waals surface area contributed by atoms with Gasteiger partial charge in [-0.3, -0.25) is 4.79 Å². The fourth-order valence-corrected chi connectivity index (χ4v) is 3.14. The second-order valence-electron chi connectivity index (χ2n) is 5.17. The molecule has 0 radical (unpaired) electrons. The molecule has 0 atom stereocenters. The molecule has 0 spiro atoms. The predicted octanol–water partition coefficient (Wildman–Crippen LogP) is 2.39. The molecule has 20 heavy (non-hydrogen) atoms. The SMILES string of the molecule is CCCCC(=O)c1ccc(S(=O)(=O)CCN(C)C)cc1. The maximum absolute atomic E-state index is 12.1. The lowest BCUT2D eigenvalue weighted by molar-refractivity contribution is 0.0979. The number of carbonyl (C=O) groups excluding carboxylic acids is 1. The second-order valence-corrected chi connectivity index (χ2v) is 7.28. The van der Waals surface area contributed by atoms with Crippen molar-refractivity contribution < 1.29 is 13.2 Å². The van der Waals surface area contributed by atoms with Gasteiger partial charge >= 0.3 is 0 Å². The first-order chi connectivity index (χ1) is 9.36. The molecule has 0 aromatic heterocycles. The highest BCUT2D eigenvalue weighted by atomic mass is 32.2. The average Bonchev–Trinajstić information content (AvgIpc) is 2.43. The molecule has 112 valence electrons. The zero-order valence-corrected chi connectivity index (χ0v) is 13.2. The number of hydrogen-bond acceptors (Lipinski definition) is 4. The van der Waals surface area contributed by atoms with Gasteiger partial charge in [0.1, 0.15) is 0 Å². The number of rotatable bonds is 8. The fourth-order valence-electron chi connectivity index (χ4n) is 1.75. The third-order valence-corrected chi connectivity index (χ3v) is 4.81. The summed E-state index contributed by atoms with van der Waals surface area (Å²) >= 11 is 0. The van der Waals surface area contributed by atoms with Gasteiger partial charge in [0.15, 0.2) is 15.6 Å². The Morgan fingerprint density at radius 2 is 1.75 bits per heavy atom. The van der Waals surface area contributed by atoms with E-state index in [0.717, 1.165) is 12.8 Å². The van der Waals surface area contributed by atoms with E-state index in [2.05, 4.69) is 0 Å². The minimum atomic E-state index is -3.27. The van der Waals surface area contributed by atoms with Gasteiger partial charge in [0.2, 0.25) is 0 Å². The number of nitrogens with zero attached hydrogens (tertiary/aromatic N) is 1. The van der Waals surface area contributed by atoms with Crippen LogP contribution < -0.4 is 0 Å². The Morgan fingerprint density at radius 1 is 1.15 bits per heavy atom. The highest BCUT2D eigenvalue weighted by Gasteiger charge is 2.15. The van der Waals surface area contributed by atoms with Gasteiger partial charge < -0.3 is 4.90 Å². The van der Waals surface area contributed by atoms with Crippen LogP contribution in [-0.4, -0.2) is 45.5 Å². The van der Waals surface area contributed by atoms with Crippen molar-refractivity contribution in [1.29, 1.82) is 0 Å². The zero-order valence-electron chi connectivity index (χ0n) is 12.4. The zero-order chi connectivity index (χ0) is 15.2. The monoisotopic (exact) mass is 297 g/mol. The van der Waals surface area contributed by atoms with E-state index in [1.165, 1.54) is 12.1 Å².